The molecule has 0 spiro atoms. The lowest BCUT2D eigenvalue weighted by Crippen LogP contribution is -2.01. The first-order chi connectivity index (χ1) is 9.10. The molecule has 5 heteroatoms. The van der Waals surface area contributed by atoms with E-state index in [0.29, 0.717) is 10.9 Å². The molecule has 2 aromatic rings. The van der Waals surface area contributed by atoms with Crippen molar-refractivity contribution in [1.29, 1.82) is 0 Å². The van der Waals surface area contributed by atoms with Gasteiger partial charge >= 0.3 is 0 Å². The molecule has 0 saturated heterocycles. The van der Waals surface area contributed by atoms with Crippen molar-refractivity contribution < 1.29 is 13.5 Å². The van der Waals surface area contributed by atoms with Crippen LogP contribution in [0.2, 0.25) is 0 Å². The average Bonchev–Trinajstić information content (AvgIpc) is 2.37. The van der Waals surface area contributed by atoms with Gasteiger partial charge in [0.2, 0.25) is 0 Å². The molecule has 0 heterocycles. The normalized spacial score (nSPS) is 10.5. The second-order valence-electron chi connectivity index (χ2n) is 3.94. The Morgan fingerprint density at radius 1 is 1.00 bits per heavy atom. The van der Waals surface area contributed by atoms with Crippen LogP contribution in [0.4, 0.5) is 8.78 Å². The molecule has 0 radical (unpaired) electrons. The summed E-state index contributed by atoms with van der Waals surface area (Å²) in [7, 11) is 0. The van der Waals surface area contributed by atoms with E-state index in [-0.39, 0.29) is 12.4 Å². The summed E-state index contributed by atoms with van der Waals surface area (Å²) in [5.41, 5.74) is 1.36. The molecule has 19 heavy (non-hydrogen) atoms. The van der Waals surface area contributed by atoms with Crippen LogP contribution in [0, 0.1) is 11.6 Å². The van der Waals surface area contributed by atoms with Crippen molar-refractivity contribution in [2.45, 2.75) is 11.9 Å². The van der Waals surface area contributed by atoms with E-state index in [1.165, 1.54) is 12.1 Å². The standard InChI is InChI=1S/C14H10Br2F2O/c15-7-10-5-12(17)14(13(18)6-10)19-8-9-2-1-3-11(16)4-9/h1-6H,7-8H2. The van der Waals surface area contributed by atoms with Crippen LogP contribution >= 0.6 is 31.9 Å². The number of hydrogen-bond acceptors (Lipinski definition) is 1. The fraction of sp³-hybridized carbons (Fsp3) is 0.143. The Bertz CT molecular complexity index is 564. The maximum atomic E-state index is 13.7. The molecule has 0 N–H and O–H groups in total. The van der Waals surface area contributed by atoms with Crippen LogP contribution in [-0.2, 0) is 11.9 Å². The topological polar surface area (TPSA) is 9.23 Å². The Hall–Kier alpha value is -0.940. The molecule has 0 aliphatic heterocycles. The van der Waals surface area contributed by atoms with Crippen molar-refractivity contribution in [3.05, 3.63) is 63.6 Å². The number of ether oxygens (including phenoxy) is 1. The zero-order chi connectivity index (χ0) is 13.8. The van der Waals surface area contributed by atoms with Crippen molar-refractivity contribution in [2.75, 3.05) is 0 Å². The summed E-state index contributed by atoms with van der Waals surface area (Å²) in [6.07, 6.45) is 0. The van der Waals surface area contributed by atoms with Crippen molar-refractivity contribution in [3.8, 4) is 5.75 Å². The fourth-order valence-electron chi connectivity index (χ4n) is 1.61. The van der Waals surface area contributed by atoms with E-state index >= 15 is 0 Å². The van der Waals surface area contributed by atoms with Crippen LogP contribution in [0.15, 0.2) is 40.9 Å². The van der Waals surface area contributed by atoms with E-state index in [9.17, 15) is 8.78 Å². The van der Waals surface area contributed by atoms with E-state index < -0.39 is 11.6 Å². The molecule has 2 aromatic carbocycles. The van der Waals surface area contributed by atoms with Gasteiger partial charge in [0.1, 0.15) is 6.61 Å². The molecule has 2 rings (SSSR count). The summed E-state index contributed by atoms with van der Waals surface area (Å²) >= 11 is 6.48. The minimum atomic E-state index is -0.690. The smallest absolute Gasteiger partial charge is 0.191 e. The van der Waals surface area contributed by atoms with Crippen LogP contribution in [0.5, 0.6) is 5.75 Å². The van der Waals surface area contributed by atoms with Gasteiger partial charge in [-0.2, -0.15) is 0 Å². The Labute approximate surface area is 126 Å². The molecule has 0 unspecified atom stereocenters. The van der Waals surface area contributed by atoms with Gasteiger partial charge in [-0.3, -0.25) is 0 Å². The zero-order valence-corrected chi connectivity index (χ0v) is 13.0. The third-order valence-electron chi connectivity index (χ3n) is 2.48. The van der Waals surface area contributed by atoms with E-state index in [1.807, 2.05) is 24.3 Å². The van der Waals surface area contributed by atoms with Gasteiger partial charge in [0.15, 0.2) is 17.4 Å². The highest BCUT2D eigenvalue weighted by Crippen LogP contribution is 2.25. The lowest BCUT2D eigenvalue weighted by Gasteiger charge is -2.09. The highest BCUT2D eigenvalue weighted by Gasteiger charge is 2.12. The lowest BCUT2D eigenvalue weighted by molar-refractivity contribution is 0.274. The van der Waals surface area contributed by atoms with Crippen molar-refractivity contribution in [2.24, 2.45) is 0 Å². The maximum absolute atomic E-state index is 13.7. The molecular formula is C14H10Br2F2O. The maximum Gasteiger partial charge on any atom is 0.191 e. The van der Waals surface area contributed by atoms with E-state index in [4.69, 9.17) is 4.74 Å². The van der Waals surface area contributed by atoms with Gasteiger partial charge in [-0.05, 0) is 35.4 Å². The lowest BCUT2D eigenvalue weighted by atomic mass is 10.2. The fourth-order valence-corrected chi connectivity index (χ4v) is 2.38. The Balaban J connectivity index is 2.16. The van der Waals surface area contributed by atoms with E-state index in [1.54, 1.807) is 0 Å². The first kappa shape index (κ1) is 14.5. The van der Waals surface area contributed by atoms with Crippen LogP contribution in [-0.4, -0.2) is 0 Å². The van der Waals surface area contributed by atoms with Gasteiger partial charge in [0, 0.05) is 9.80 Å². The minimum absolute atomic E-state index is 0.112. The summed E-state index contributed by atoms with van der Waals surface area (Å²) in [5, 5.41) is 0.396. The van der Waals surface area contributed by atoms with Crippen LogP contribution in [0.3, 0.4) is 0 Å². The summed E-state index contributed by atoms with van der Waals surface area (Å²) in [4.78, 5) is 0. The molecule has 0 aromatic heterocycles. The largest absolute Gasteiger partial charge is 0.483 e. The quantitative estimate of drug-likeness (QED) is 0.650. The Kier molecular flexibility index (Phi) is 4.93. The summed E-state index contributed by atoms with van der Waals surface area (Å²) in [5.74, 6) is -1.72. The highest BCUT2D eigenvalue weighted by atomic mass is 79.9. The van der Waals surface area contributed by atoms with Gasteiger partial charge in [-0.15, -0.1) is 0 Å². The number of halogens is 4. The molecule has 0 fully saturated rings. The third-order valence-corrected chi connectivity index (χ3v) is 3.63. The van der Waals surface area contributed by atoms with Gasteiger partial charge in [0.05, 0.1) is 0 Å². The van der Waals surface area contributed by atoms with Gasteiger partial charge in [-0.25, -0.2) is 8.78 Å². The first-order valence-electron chi connectivity index (χ1n) is 5.51. The predicted molar refractivity (Wildman–Crippen MR) is 77.5 cm³/mol. The van der Waals surface area contributed by atoms with E-state index in [0.717, 1.165) is 10.0 Å². The van der Waals surface area contributed by atoms with Crippen LogP contribution in [0.1, 0.15) is 11.1 Å². The number of rotatable bonds is 4. The predicted octanol–water partition coefficient (Wildman–Crippen LogP) is 5.20. The molecule has 0 saturated carbocycles. The second kappa shape index (κ2) is 6.48. The van der Waals surface area contributed by atoms with Crippen LogP contribution in [0.25, 0.3) is 0 Å². The van der Waals surface area contributed by atoms with E-state index in [2.05, 4.69) is 31.9 Å². The van der Waals surface area contributed by atoms with Gasteiger partial charge in [0.25, 0.3) is 0 Å². The molecule has 0 aliphatic carbocycles. The Morgan fingerprint density at radius 3 is 2.26 bits per heavy atom. The first-order valence-corrected chi connectivity index (χ1v) is 7.42. The molecular weight excluding hydrogens is 382 g/mol. The third kappa shape index (κ3) is 3.76. The van der Waals surface area contributed by atoms with Crippen molar-refractivity contribution >= 4 is 31.9 Å². The molecule has 0 bridgehead atoms. The van der Waals surface area contributed by atoms with Gasteiger partial charge in [-0.1, -0.05) is 44.0 Å². The SMILES string of the molecule is Fc1cc(CBr)cc(F)c1OCc1cccc(Br)c1. The average molecular weight is 392 g/mol. The minimum Gasteiger partial charge on any atom is -0.483 e. The van der Waals surface area contributed by atoms with Crippen molar-refractivity contribution in [3.63, 3.8) is 0 Å². The van der Waals surface area contributed by atoms with Crippen LogP contribution < -0.4 is 4.74 Å². The molecule has 100 valence electrons. The van der Waals surface area contributed by atoms with Crippen molar-refractivity contribution in [1.82, 2.24) is 0 Å². The Morgan fingerprint density at radius 2 is 1.68 bits per heavy atom. The zero-order valence-electron chi connectivity index (χ0n) is 9.80. The second-order valence-corrected chi connectivity index (χ2v) is 5.42. The highest BCUT2D eigenvalue weighted by molar-refractivity contribution is 9.10. The summed E-state index contributed by atoms with van der Waals surface area (Å²) in [6.45, 7) is 0.112. The molecule has 0 aliphatic rings. The molecule has 1 nitrogen and oxygen atoms in total. The monoisotopic (exact) mass is 390 g/mol. The van der Waals surface area contributed by atoms with Gasteiger partial charge < -0.3 is 4.74 Å². The summed E-state index contributed by atoms with van der Waals surface area (Å²) < 4.78 is 33.5. The molecule has 0 atom stereocenters. The summed E-state index contributed by atoms with van der Waals surface area (Å²) in [6, 6.07) is 9.89. The number of benzene rings is 2. The number of alkyl halides is 1. The molecule has 0 amide bonds. The number of hydrogen-bond donors (Lipinski definition) is 0.